The fraction of sp³-hybridized carbons (Fsp3) is 0.562. The number of fused-ring (bicyclic) bond motifs is 2. The van der Waals surface area contributed by atoms with Crippen molar-refractivity contribution < 1.29 is 13.2 Å². The fourth-order valence-electron chi connectivity index (χ4n) is 3.33. The van der Waals surface area contributed by atoms with E-state index in [1.165, 1.54) is 31.3 Å². The maximum Gasteiger partial charge on any atom is 0.243 e. The van der Waals surface area contributed by atoms with Crippen molar-refractivity contribution in [3.63, 3.8) is 0 Å². The molecule has 2 bridgehead atoms. The highest BCUT2D eigenvalue weighted by Crippen LogP contribution is 2.21. The van der Waals surface area contributed by atoms with Gasteiger partial charge in [0.25, 0.3) is 0 Å². The molecule has 9 heteroatoms. The summed E-state index contributed by atoms with van der Waals surface area (Å²) in [7, 11) is -2.26. The first-order chi connectivity index (χ1) is 11.4. The molecule has 0 radical (unpaired) electrons. The Labute approximate surface area is 160 Å². The zero-order chi connectivity index (χ0) is 17.3. The van der Waals surface area contributed by atoms with Gasteiger partial charge in [-0.25, -0.2) is 8.42 Å². The van der Waals surface area contributed by atoms with Crippen LogP contribution in [0.1, 0.15) is 19.3 Å². The second kappa shape index (κ2) is 8.22. The largest absolute Gasteiger partial charge is 0.340 e. The lowest BCUT2D eigenvalue weighted by atomic mass is 10.1. The summed E-state index contributed by atoms with van der Waals surface area (Å²) in [5.74, 6) is -0.149. The summed E-state index contributed by atoms with van der Waals surface area (Å²) in [5.41, 5.74) is 0. The number of carbonyl (C=O) groups is 1. The third-order valence-corrected chi connectivity index (χ3v) is 6.83. The van der Waals surface area contributed by atoms with Crippen LogP contribution in [0.3, 0.4) is 0 Å². The second-order valence-corrected chi connectivity index (χ2v) is 8.96. The van der Waals surface area contributed by atoms with Crippen molar-refractivity contribution in [1.29, 1.82) is 0 Å². The summed E-state index contributed by atoms with van der Waals surface area (Å²) in [6, 6.07) is 6.78. The van der Waals surface area contributed by atoms with Gasteiger partial charge in [-0.15, -0.1) is 12.4 Å². The lowest BCUT2D eigenvalue weighted by molar-refractivity contribution is -0.131. The van der Waals surface area contributed by atoms with E-state index in [0.29, 0.717) is 30.2 Å². The van der Waals surface area contributed by atoms with Crippen LogP contribution < -0.4 is 5.32 Å². The molecule has 0 aromatic heterocycles. The summed E-state index contributed by atoms with van der Waals surface area (Å²) < 4.78 is 26.2. The highest BCUT2D eigenvalue weighted by Gasteiger charge is 2.32. The van der Waals surface area contributed by atoms with Gasteiger partial charge in [-0.1, -0.05) is 11.6 Å². The maximum atomic E-state index is 12.6. The van der Waals surface area contributed by atoms with Gasteiger partial charge >= 0.3 is 0 Å². The Morgan fingerprint density at radius 3 is 2.56 bits per heavy atom. The first kappa shape index (κ1) is 20.5. The average Bonchev–Trinajstić information content (AvgIpc) is 2.86. The Bertz CT molecular complexity index is 712. The van der Waals surface area contributed by atoms with Crippen LogP contribution in [0.2, 0.25) is 5.02 Å². The molecule has 1 aromatic rings. The first-order valence-electron chi connectivity index (χ1n) is 8.12. The van der Waals surface area contributed by atoms with Crippen LogP contribution >= 0.6 is 24.0 Å². The number of carbonyl (C=O) groups excluding carboxylic acids is 1. The molecular formula is C16H23Cl2N3O3S. The van der Waals surface area contributed by atoms with E-state index in [1.807, 2.05) is 0 Å². The molecule has 0 saturated carbocycles. The maximum absolute atomic E-state index is 12.6. The molecule has 1 N–H and O–H groups in total. The van der Waals surface area contributed by atoms with Gasteiger partial charge in [-0.05, 0) is 43.5 Å². The number of nitrogens with one attached hydrogen (secondary N) is 1. The third kappa shape index (κ3) is 4.65. The SMILES string of the molecule is CN(CC(=O)N1CCC2CCC(C1)N2)S(=O)(=O)c1ccc(Cl)cc1.Cl. The summed E-state index contributed by atoms with van der Waals surface area (Å²) in [5, 5.41) is 3.99. The van der Waals surface area contributed by atoms with Crippen LogP contribution in [0.4, 0.5) is 0 Å². The predicted octanol–water partition coefficient (Wildman–Crippen LogP) is 1.74. The van der Waals surface area contributed by atoms with Crippen LogP contribution in [-0.2, 0) is 14.8 Å². The van der Waals surface area contributed by atoms with E-state index in [1.54, 1.807) is 4.90 Å². The second-order valence-electron chi connectivity index (χ2n) is 6.48. The smallest absolute Gasteiger partial charge is 0.243 e. The molecule has 3 rings (SSSR count). The van der Waals surface area contributed by atoms with Crippen molar-refractivity contribution in [2.75, 3.05) is 26.7 Å². The van der Waals surface area contributed by atoms with Crippen molar-refractivity contribution in [1.82, 2.24) is 14.5 Å². The minimum Gasteiger partial charge on any atom is -0.340 e. The van der Waals surface area contributed by atoms with E-state index in [-0.39, 0.29) is 29.8 Å². The number of halogens is 2. The molecule has 140 valence electrons. The fourth-order valence-corrected chi connectivity index (χ4v) is 4.58. The molecule has 25 heavy (non-hydrogen) atoms. The third-order valence-electron chi connectivity index (χ3n) is 4.76. The van der Waals surface area contributed by atoms with E-state index in [4.69, 9.17) is 11.6 Å². The number of amides is 1. The van der Waals surface area contributed by atoms with Crippen LogP contribution in [0.5, 0.6) is 0 Å². The average molecular weight is 408 g/mol. The minimum absolute atomic E-state index is 0. The lowest BCUT2D eigenvalue weighted by Crippen LogP contribution is -2.44. The van der Waals surface area contributed by atoms with E-state index in [2.05, 4.69) is 5.32 Å². The lowest BCUT2D eigenvalue weighted by Gasteiger charge is -2.26. The molecule has 6 nitrogen and oxygen atoms in total. The molecule has 1 amide bonds. The van der Waals surface area contributed by atoms with E-state index in [9.17, 15) is 13.2 Å². The van der Waals surface area contributed by atoms with Crippen LogP contribution in [-0.4, -0.2) is 62.3 Å². The van der Waals surface area contributed by atoms with Gasteiger partial charge in [0.15, 0.2) is 0 Å². The van der Waals surface area contributed by atoms with Crippen LogP contribution in [0, 0.1) is 0 Å². The van der Waals surface area contributed by atoms with Crippen LogP contribution in [0.15, 0.2) is 29.2 Å². The van der Waals surface area contributed by atoms with E-state index in [0.717, 1.165) is 23.6 Å². The number of likely N-dealkylation sites (tertiary alicyclic amines) is 1. The van der Waals surface area contributed by atoms with Gasteiger partial charge in [0.05, 0.1) is 11.4 Å². The molecule has 2 aliphatic heterocycles. The van der Waals surface area contributed by atoms with E-state index < -0.39 is 10.0 Å². The zero-order valence-electron chi connectivity index (χ0n) is 14.0. The number of hydrogen-bond acceptors (Lipinski definition) is 4. The summed E-state index contributed by atoms with van der Waals surface area (Å²) in [4.78, 5) is 14.5. The number of rotatable bonds is 4. The first-order valence-corrected chi connectivity index (χ1v) is 9.94. The molecule has 1 aromatic carbocycles. The van der Waals surface area contributed by atoms with Gasteiger partial charge in [-0.3, -0.25) is 4.79 Å². The topological polar surface area (TPSA) is 69.7 Å². The van der Waals surface area contributed by atoms with Crippen LogP contribution in [0.25, 0.3) is 0 Å². The summed E-state index contributed by atoms with van der Waals surface area (Å²) >= 11 is 5.80. The van der Waals surface area contributed by atoms with Crippen molar-refractivity contribution in [3.8, 4) is 0 Å². The molecular weight excluding hydrogens is 385 g/mol. The summed E-state index contributed by atoms with van der Waals surface area (Å²) in [6.07, 6.45) is 3.17. The molecule has 2 unspecified atom stereocenters. The molecule has 2 atom stereocenters. The zero-order valence-corrected chi connectivity index (χ0v) is 16.4. The van der Waals surface area contributed by atoms with Gasteiger partial charge in [-0.2, -0.15) is 4.31 Å². The van der Waals surface area contributed by atoms with Gasteiger partial charge in [0.1, 0.15) is 0 Å². The number of nitrogens with zero attached hydrogens (tertiary/aromatic N) is 2. The summed E-state index contributed by atoms with van der Waals surface area (Å²) in [6.45, 7) is 1.19. The van der Waals surface area contributed by atoms with E-state index >= 15 is 0 Å². The monoisotopic (exact) mass is 407 g/mol. The molecule has 0 aliphatic carbocycles. The Kier molecular flexibility index (Phi) is 6.73. The Hall–Kier alpha value is -0.860. The van der Waals surface area contributed by atoms with Crippen molar-refractivity contribution in [2.24, 2.45) is 0 Å². The molecule has 2 saturated heterocycles. The Morgan fingerprint density at radius 1 is 1.24 bits per heavy atom. The number of hydrogen-bond donors (Lipinski definition) is 1. The predicted molar refractivity (Wildman–Crippen MR) is 99.7 cm³/mol. The van der Waals surface area contributed by atoms with Crippen molar-refractivity contribution in [2.45, 2.75) is 36.2 Å². The van der Waals surface area contributed by atoms with Gasteiger partial charge < -0.3 is 10.2 Å². The number of benzene rings is 1. The van der Waals surface area contributed by atoms with Gasteiger partial charge in [0.2, 0.25) is 15.9 Å². The quantitative estimate of drug-likeness (QED) is 0.824. The molecule has 2 aliphatic rings. The molecule has 0 spiro atoms. The van der Waals surface area contributed by atoms with Crippen molar-refractivity contribution >= 4 is 39.9 Å². The number of likely N-dealkylation sites (N-methyl/N-ethyl adjacent to an activating group) is 1. The minimum atomic E-state index is -3.70. The Morgan fingerprint density at radius 2 is 1.88 bits per heavy atom. The molecule has 2 fully saturated rings. The number of sulfonamides is 1. The normalized spacial score (nSPS) is 23.2. The van der Waals surface area contributed by atoms with Crippen molar-refractivity contribution in [3.05, 3.63) is 29.3 Å². The highest BCUT2D eigenvalue weighted by molar-refractivity contribution is 7.89. The molecule has 2 heterocycles. The van der Waals surface area contributed by atoms with Gasteiger partial charge in [0, 0.05) is 37.2 Å². The highest BCUT2D eigenvalue weighted by atomic mass is 35.5. The standard InChI is InChI=1S/C16H22ClN3O3S.ClH/c1-19(24(22,23)15-6-2-12(17)3-7-15)11-16(21)20-9-8-13-4-5-14(10-20)18-13;/h2-3,6-7,13-14,18H,4-5,8-11H2,1H3;1H. The Balaban J connectivity index is 0.00000225.